The Morgan fingerprint density at radius 1 is 1.06 bits per heavy atom. The first-order valence-electron chi connectivity index (χ1n) is 5.82. The third kappa shape index (κ3) is 2.60. The van der Waals surface area contributed by atoms with E-state index in [0.717, 1.165) is 5.75 Å². The van der Waals surface area contributed by atoms with Gasteiger partial charge in [0.25, 0.3) is 0 Å². The van der Waals surface area contributed by atoms with Gasteiger partial charge < -0.3 is 9.84 Å². The lowest BCUT2D eigenvalue weighted by Crippen LogP contribution is -2.18. The van der Waals surface area contributed by atoms with Crippen LogP contribution in [0.25, 0.3) is 0 Å². The molecule has 2 aromatic carbocycles. The maximum Gasteiger partial charge on any atom is 0.133 e. The number of aliphatic hydroxyl groups is 1. The number of benzene rings is 2. The topological polar surface area (TPSA) is 29.5 Å². The molecule has 0 bridgehead atoms. The Morgan fingerprint density at radius 3 is 2.33 bits per heavy atom. The Kier molecular flexibility index (Phi) is 3.49. The summed E-state index contributed by atoms with van der Waals surface area (Å²) in [5.74, 6) is 1.37. The maximum atomic E-state index is 10.3. The van der Waals surface area contributed by atoms with E-state index in [1.807, 2.05) is 54.6 Å². The van der Waals surface area contributed by atoms with Crippen LogP contribution in [0.2, 0.25) is 0 Å². The fourth-order valence-corrected chi connectivity index (χ4v) is 1.70. The van der Waals surface area contributed by atoms with Crippen LogP contribution < -0.4 is 4.74 Å². The molecule has 0 saturated carbocycles. The van der Waals surface area contributed by atoms with Crippen molar-refractivity contribution in [1.29, 1.82) is 0 Å². The van der Waals surface area contributed by atoms with Crippen molar-refractivity contribution >= 4 is 0 Å². The van der Waals surface area contributed by atoms with Crippen molar-refractivity contribution in [2.45, 2.75) is 12.5 Å². The van der Waals surface area contributed by atoms with Crippen LogP contribution >= 0.6 is 0 Å². The number of para-hydroxylation sites is 2. The van der Waals surface area contributed by atoms with Crippen molar-refractivity contribution in [2.75, 3.05) is 0 Å². The van der Waals surface area contributed by atoms with Crippen molar-refractivity contribution in [1.82, 2.24) is 0 Å². The van der Waals surface area contributed by atoms with Gasteiger partial charge in [0.2, 0.25) is 0 Å². The first kappa shape index (κ1) is 12.4. The highest BCUT2D eigenvalue weighted by molar-refractivity contribution is 5.42. The first-order valence-corrected chi connectivity index (χ1v) is 5.82. The first-order chi connectivity index (χ1) is 8.63. The van der Waals surface area contributed by atoms with Gasteiger partial charge in [0.1, 0.15) is 17.1 Å². The van der Waals surface area contributed by atoms with E-state index in [4.69, 9.17) is 4.74 Å². The van der Waals surface area contributed by atoms with Gasteiger partial charge in [-0.2, -0.15) is 0 Å². The molecule has 0 saturated heterocycles. The molecule has 1 atom stereocenters. The zero-order valence-corrected chi connectivity index (χ0v) is 10.3. The fraction of sp³-hybridized carbons (Fsp3) is 0.125. The quantitative estimate of drug-likeness (QED) is 0.822. The fourth-order valence-electron chi connectivity index (χ4n) is 1.70. The van der Waals surface area contributed by atoms with Crippen LogP contribution in [0.1, 0.15) is 12.5 Å². The van der Waals surface area contributed by atoms with Gasteiger partial charge in [0.05, 0.1) is 0 Å². The second-order valence-corrected chi connectivity index (χ2v) is 4.26. The molecule has 0 aliphatic rings. The van der Waals surface area contributed by atoms with Gasteiger partial charge in [0, 0.05) is 5.56 Å². The van der Waals surface area contributed by atoms with Crippen molar-refractivity contribution in [3.63, 3.8) is 0 Å². The molecule has 18 heavy (non-hydrogen) atoms. The minimum Gasteiger partial charge on any atom is -0.457 e. The third-order valence-electron chi connectivity index (χ3n) is 2.80. The van der Waals surface area contributed by atoms with E-state index in [1.165, 1.54) is 6.08 Å². The lowest BCUT2D eigenvalue weighted by atomic mass is 9.95. The van der Waals surface area contributed by atoms with E-state index in [2.05, 4.69) is 6.58 Å². The summed E-state index contributed by atoms with van der Waals surface area (Å²) in [5.41, 5.74) is -0.408. The van der Waals surface area contributed by atoms with Gasteiger partial charge in [-0.05, 0) is 25.1 Å². The average Bonchev–Trinajstić information content (AvgIpc) is 2.40. The highest BCUT2D eigenvalue weighted by Crippen LogP contribution is 2.33. The number of hydrogen-bond donors (Lipinski definition) is 1. The van der Waals surface area contributed by atoms with Crippen LogP contribution in [0.3, 0.4) is 0 Å². The highest BCUT2D eigenvalue weighted by atomic mass is 16.5. The zero-order valence-electron chi connectivity index (χ0n) is 10.3. The largest absolute Gasteiger partial charge is 0.457 e. The Morgan fingerprint density at radius 2 is 1.67 bits per heavy atom. The molecule has 2 heteroatoms. The van der Waals surface area contributed by atoms with Crippen LogP contribution in [-0.4, -0.2) is 5.11 Å². The van der Waals surface area contributed by atoms with Gasteiger partial charge in [-0.1, -0.05) is 49.1 Å². The predicted octanol–water partition coefficient (Wildman–Crippen LogP) is 3.87. The molecule has 0 radical (unpaired) electrons. The normalized spacial score (nSPS) is 13.7. The zero-order chi connectivity index (χ0) is 13.0. The van der Waals surface area contributed by atoms with Gasteiger partial charge in [0.15, 0.2) is 0 Å². The monoisotopic (exact) mass is 240 g/mol. The van der Waals surface area contributed by atoms with Crippen LogP contribution in [0.15, 0.2) is 67.3 Å². The molecule has 0 aromatic heterocycles. The molecule has 0 aliphatic heterocycles. The van der Waals surface area contributed by atoms with E-state index >= 15 is 0 Å². The SMILES string of the molecule is C=CC(C)(O)c1ccccc1Oc1ccccc1. The van der Waals surface area contributed by atoms with Gasteiger partial charge in [-0.25, -0.2) is 0 Å². The summed E-state index contributed by atoms with van der Waals surface area (Å²) in [6.07, 6.45) is 1.50. The molecular weight excluding hydrogens is 224 g/mol. The second-order valence-electron chi connectivity index (χ2n) is 4.26. The van der Waals surface area contributed by atoms with Crippen LogP contribution in [0.4, 0.5) is 0 Å². The summed E-state index contributed by atoms with van der Waals surface area (Å²) in [7, 11) is 0. The lowest BCUT2D eigenvalue weighted by molar-refractivity contribution is 0.109. The Balaban J connectivity index is 2.37. The number of rotatable bonds is 4. The molecule has 0 amide bonds. The molecule has 2 aromatic rings. The van der Waals surface area contributed by atoms with Crippen molar-refractivity contribution in [2.24, 2.45) is 0 Å². The van der Waals surface area contributed by atoms with Crippen LogP contribution in [0.5, 0.6) is 11.5 Å². The van der Waals surface area contributed by atoms with E-state index in [-0.39, 0.29) is 0 Å². The summed E-state index contributed by atoms with van der Waals surface area (Å²) in [4.78, 5) is 0. The van der Waals surface area contributed by atoms with Gasteiger partial charge in [-0.15, -0.1) is 0 Å². The molecule has 0 aliphatic carbocycles. The van der Waals surface area contributed by atoms with E-state index in [1.54, 1.807) is 6.92 Å². The molecule has 1 N–H and O–H groups in total. The summed E-state index contributed by atoms with van der Waals surface area (Å²) < 4.78 is 5.79. The van der Waals surface area contributed by atoms with Crippen LogP contribution in [0, 0.1) is 0 Å². The predicted molar refractivity (Wildman–Crippen MR) is 72.7 cm³/mol. The molecule has 0 fully saturated rings. The third-order valence-corrected chi connectivity index (χ3v) is 2.80. The number of hydrogen-bond acceptors (Lipinski definition) is 2. The smallest absolute Gasteiger partial charge is 0.133 e. The molecule has 0 heterocycles. The lowest BCUT2D eigenvalue weighted by Gasteiger charge is -2.22. The summed E-state index contributed by atoms with van der Waals surface area (Å²) in [6, 6.07) is 16.9. The highest BCUT2D eigenvalue weighted by Gasteiger charge is 2.22. The van der Waals surface area contributed by atoms with Crippen LogP contribution in [-0.2, 0) is 5.60 Å². The Hall–Kier alpha value is -2.06. The molecule has 2 nitrogen and oxygen atoms in total. The van der Waals surface area contributed by atoms with E-state index in [9.17, 15) is 5.11 Å². The molecule has 0 spiro atoms. The maximum absolute atomic E-state index is 10.3. The minimum absolute atomic E-state index is 0.633. The van der Waals surface area contributed by atoms with E-state index < -0.39 is 5.60 Å². The summed E-state index contributed by atoms with van der Waals surface area (Å²) in [5, 5.41) is 10.3. The Labute approximate surface area is 107 Å². The standard InChI is InChI=1S/C16H16O2/c1-3-16(2,17)14-11-7-8-12-15(14)18-13-9-5-4-6-10-13/h3-12,17H,1H2,2H3. The van der Waals surface area contributed by atoms with E-state index in [0.29, 0.717) is 11.3 Å². The molecule has 2 rings (SSSR count). The van der Waals surface area contributed by atoms with Gasteiger partial charge in [-0.3, -0.25) is 0 Å². The second kappa shape index (κ2) is 5.07. The molecular formula is C16H16O2. The Bertz CT molecular complexity index is 530. The van der Waals surface area contributed by atoms with Crippen molar-refractivity contribution in [3.8, 4) is 11.5 Å². The minimum atomic E-state index is -1.11. The van der Waals surface area contributed by atoms with Crippen molar-refractivity contribution in [3.05, 3.63) is 72.8 Å². The van der Waals surface area contributed by atoms with Gasteiger partial charge >= 0.3 is 0 Å². The molecule has 1 unspecified atom stereocenters. The van der Waals surface area contributed by atoms with Crippen molar-refractivity contribution < 1.29 is 9.84 Å². The molecule has 92 valence electrons. The number of ether oxygens (including phenoxy) is 1. The summed E-state index contributed by atoms with van der Waals surface area (Å²) in [6.45, 7) is 5.34. The summed E-state index contributed by atoms with van der Waals surface area (Å²) >= 11 is 0. The average molecular weight is 240 g/mol.